The molecule has 3 rings (SSSR count). The maximum atomic E-state index is 13.3. The van der Waals surface area contributed by atoms with Crippen molar-refractivity contribution in [2.45, 2.75) is 25.9 Å². The minimum atomic E-state index is -1.68. The standard InChI is InChI=1S/C16H16BFO3/c18-14-6-7-15(17(19)20)16(9-14)21-10-11-4-5-12-2-1-3-13(12)8-11/h4-9,19-20H,1-3,10H2. The third kappa shape index (κ3) is 3.09. The van der Waals surface area contributed by atoms with Crippen LogP contribution in [0.15, 0.2) is 36.4 Å². The minimum Gasteiger partial charge on any atom is -0.489 e. The number of aryl methyl sites for hydroxylation is 2. The first-order valence-corrected chi connectivity index (χ1v) is 7.02. The Bertz CT molecular complexity index is 658. The summed E-state index contributed by atoms with van der Waals surface area (Å²) in [5.41, 5.74) is 3.89. The highest BCUT2D eigenvalue weighted by Gasteiger charge is 2.18. The van der Waals surface area contributed by atoms with Gasteiger partial charge in [-0.2, -0.15) is 0 Å². The number of benzene rings is 2. The van der Waals surface area contributed by atoms with Crippen LogP contribution >= 0.6 is 0 Å². The molecular formula is C16H16BFO3. The van der Waals surface area contributed by atoms with Gasteiger partial charge in [0, 0.05) is 11.5 Å². The topological polar surface area (TPSA) is 49.7 Å². The van der Waals surface area contributed by atoms with Crippen LogP contribution in [0, 0.1) is 5.82 Å². The molecule has 0 unspecified atom stereocenters. The molecule has 2 N–H and O–H groups in total. The Hall–Kier alpha value is -1.85. The normalized spacial score (nSPS) is 13.1. The van der Waals surface area contributed by atoms with E-state index in [4.69, 9.17) is 4.74 Å². The molecule has 2 aromatic rings. The van der Waals surface area contributed by atoms with Gasteiger partial charge in [0.25, 0.3) is 0 Å². The van der Waals surface area contributed by atoms with Crippen LogP contribution in [0.25, 0.3) is 0 Å². The van der Waals surface area contributed by atoms with E-state index in [9.17, 15) is 14.4 Å². The van der Waals surface area contributed by atoms with Gasteiger partial charge in [0.2, 0.25) is 0 Å². The molecule has 0 amide bonds. The number of ether oxygens (including phenoxy) is 1. The molecule has 21 heavy (non-hydrogen) atoms. The maximum Gasteiger partial charge on any atom is 0.492 e. The number of halogens is 1. The zero-order valence-corrected chi connectivity index (χ0v) is 11.6. The van der Waals surface area contributed by atoms with E-state index in [0.29, 0.717) is 0 Å². The minimum absolute atomic E-state index is 0.158. The quantitative estimate of drug-likeness (QED) is 0.839. The summed E-state index contributed by atoms with van der Waals surface area (Å²) in [6.45, 7) is 0.274. The third-order valence-corrected chi connectivity index (χ3v) is 3.81. The Labute approximate surface area is 123 Å². The van der Waals surface area contributed by atoms with Crippen LogP contribution in [0.5, 0.6) is 5.75 Å². The van der Waals surface area contributed by atoms with Crippen molar-refractivity contribution in [2.75, 3.05) is 0 Å². The van der Waals surface area contributed by atoms with Crippen LogP contribution < -0.4 is 10.2 Å². The van der Waals surface area contributed by atoms with Crippen molar-refractivity contribution in [2.24, 2.45) is 0 Å². The van der Waals surface area contributed by atoms with Crippen LogP contribution in [0.4, 0.5) is 4.39 Å². The van der Waals surface area contributed by atoms with E-state index < -0.39 is 12.9 Å². The fraction of sp³-hybridized carbons (Fsp3) is 0.250. The molecule has 0 atom stereocenters. The van der Waals surface area contributed by atoms with Crippen LogP contribution in [0.2, 0.25) is 0 Å². The molecule has 1 aliphatic carbocycles. The van der Waals surface area contributed by atoms with E-state index in [1.54, 1.807) is 0 Å². The van der Waals surface area contributed by atoms with Crippen LogP contribution in [-0.2, 0) is 19.4 Å². The van der Waals surface area contributed by atoms with Gasteiger partial charge < -0.3 is 14.8 Å². The fourth-order valence-corrected chi connectivity index (χ4v) is 2.72. The molecule has 0 heterocycles. The van der Waals surface area contributed by atoms with E-state index in [2.05, 4.69) is 12.1 Å². The average Bonchev–Trinajstić information content (AvgIpc) is 2.92. The molecule has 0 spiro atoms. The van der Waals surface area contributed by atoms with E-state index in [1.807, 2.05) is 6.07 Å². The van der Waals surface area contributed by atoms with Gasteiger partial charge in [-0.25, -0.2) is 4.39 Å². The van der Waals surface area contributed by atoms with E-state index in [1.165, 1.54) is 35.7 Å². The molecule has 0 bridgehead atoms. The van der Waals surface area contributed by atoms with Gasteiger partial charge in [-0.05, 0) is 42.0 Å². The largest absolute Gasteiger partial charge is 0.492 e. The Kier molecular flexibility index (Phi) is 3.95. The number of rotatable bonds is 4. The van der Waals surface area contributed by atoms with Gasteiger partial charge in [-0.1, -0.05) is 24.3 Å². The first-order valence-electron chi connectivity index (χ1n) is 7.02. The SMILES string of the molecule is OB(O)c1ccc(F)cc1OCc1ccc2c(c1)CCC2. The van der Waals surface area contributed by atoms with Gasteiger partial charge in [-0.15, -0.1) is 0 Å². The van der Waals surface area contributed by atoms with Gasteiger partial charge >= 0.3 is 7.12 Å². The van der Waals surface area contributed by atoms with Crippen LogP contribution in [0.1, 0.15) is 23.1 Å². The summed E-state index contributed by atoms with van der Waals surface area (Å²) in [6, 6.07) is 9.88. The second kappa shape index (κ2) is 5.88. The zero-order valence-electron chi connectivity index (χ0n) is 11.6. The van der Waals surface area contributed by atoms with E-state index >= 15 is 0 Å². The Balaban J connectivity index is 1.77. The monoisotopic (exact) mass is 286 g/mol. The van der Waals surface area contributed by atoms with Gasteiger partial charge in [0.05, 0.1) is 0 Å². The first kappa shape index (κ1) is 14.1. The lowest BCUT2D eigenvalue weighted by molar-refractivity contribution is 0.305. The molecule has 1 aliphatic rings. The summed E-state index contributed by atoms with van der Waals surface area (Å²) in [5.74, 6) is -0.311. The van der Waals surface area contributed by atoms with Crippen LogP contribution in [0.3, 0.4) is 0 Å². The number of hydrogen-bond donors (Lipinski definition) is 2. The molecule has 108 valence electrons. The molecule has 2 aromatic carbocycles. The Morgan fingerprint density at radius 1 is 1.05 bits per heavy atom. The summed E-state index contributed by atoms with van der Waals surface area (Å²) in [4.78, 5) is 0. The third-order valence-electron chi connectivity index (χ3n) is 3.81. The molecule has 0 radical (unpaired) electrons. The lowest BCUT2D eigenvalue weighted by Crippen LogP contribution is -2.31. The smallest absolute Gasteiger partial charge is 0.489 e. The first-order chi connectivity index (χ1) is 10.1. The highest BCUT2D eigenvalue weighted by molar-refractivity contribution is 6.59. The number of fused-ring (bicyclic) bond motifs is 1. The summed E-state index contributed by atoms with van der Waals surface area (Å²) < 4.78 is 18.8. The predicted molar refractivity (Wildman–Crippen MR) is 79.0 cm³/mol. The molecule has 5 heteroatoms. The molecular weight excluding hydrogens is 270 g/mol. The van der Waals surface area contributed by atoms with Crippen molar-refractivity contribution in [3.8, 4) is 5.75 Å². The lowest BCUT2D eigenvalue weighted by atomic mass is 9.79. The van der Waals surface area contributed by atoms with Crippen molar-refractivity contribution >= 4 is 12.6 Å². The second-order valence-corrected chi connectivity index (χ2v) is 5.30. The van der Waals surface area contributed by atoms with Crippen molar-refractivity contribution in [1.29, 1.82) is 0 Å². The Morgan fingerprint density at radius 2 is 1.86 bits per heavy atom. The molecule has 0 saturated carbocycles. The molecule has 0 fully saturated rings. The highest BCUT2D eigenvalue weighted by Crippen LogP contribution is 2.23. The second-order valence-electron chi connectivity index (χ2n) is 5.30. The van der Waals surface area contributed by atoms with Gasteiger partial charge in [0.1, 0.15) is 18.2 Å². The van der Waals surface area contributed by atoms with Crippen molar-refractivity contribution < 1.29 is 19.2 Å². The molecule has 3 nitrogen and oxygen atoms in total. The van der Waals surface area contributed by atoms with Crippen LogP contribution in [-0.4, -0.2) is 17.2 Å². The summed E-state index contributed by atoms with van der Waals surface area (Å²) >= 11 is 0. The molecule has 0 aromatic heterocycles. The molecule has 0 saturated heterocycles. The van der Waals surface area contributed by atoms with Gasteiger partial charge in [-0.3, -0.25) is 0 Å². The van der Waals surface area contributed by atoms with Gasteiger partial charge in [0.15, 0.2) is 0 Å². The zero-order chi connectivity index (χ0) is 14.8. The highest BCUT2D eigenvalue weighted by atomic mass is 19.1. The predicted octanol–water partition coefficient (Wildman–Crippen LogP) is 1.57. The van der Waals surface area contributed by atoms with E-state index in [0.717, 1.165) is 18.4 Å². The number of hydrogen-bond acceptors (Lipinski definition) is 3. The van der Waals surface area contributed by atoms with Crippen molar-refractivity contribution in [3.63, 3.8) is 0 Å². The van der Waals surface area contributed by atoms with Crippen molar-refractivity contribution in [1.82, 2.24) is 0 Å². The maximum absolute atomic E-state index is 13.3. The molecule has 0 aliphatic heterocycles. The van der Waals surface area contributed by atoms with E-state index in [-0.39, 0.29) is 17.8 Å². The fourth-order valence-electron chi connectivity index (χ4n) is 2.72. The van der Waals surface area contributed by atoms with Crippen molar-refractivity contribution in [3.05, 3.63) is 58.9 Å². The lowest BCUT2D eigenvalue weighted by Gasteiger charge is -2.12. The average molecular weight is 286 g/mol. The summed E-state index contributed by atoms with van der Waals surface area (Å²) in [7, 11) is -1.68. The summed E-state index contributed by atoms with van der Waals surface area (Å²) in [5, 5.41) is 18.5. The summed E-state index contributed by atoms with van der Waals surface area (Å²) in [6.07, 6.45) is 3.40. The Morgan fingerprint density at radius 3 is 2.67 bits per heavy atom.